The molecule has 1 heterocycles. The van der Waals surface area contributed by atoms with Gasteiger partial charge in [0.15, 0.2) is 11.6 Å². The van der Waals surface area contributed by atoms with Crippen LogP contribution in [0.15, 0.2) is 55.1 Å². The number of nitrogens with one attached hydrogen (secondary N) is 2. The topological polar surface area (TPSA) is 88.9 Å². The summed E-state index contributed by atoms with van der Waals surface area (Å²) in [6.45, 7) is 1.68. The van der Waals surface area contributed by atoms with E-state index in [4.69, 9.17) is 0 Å². The zero-order chi connectivity index (χ0) is 19.4. The van der Waals surface area contributed by atoms with Gasteiger partial charge in [0.1, 0.15) is 18.7 Å². The lowest BCUT2D eigenvalue weighted by atomic mass is 10.2. The lowest BCUT2D eigenvalue weighted by Gasteiger charge is -2.12. The first kappa shape index (κ1) is 18.2. The standard InChI is InChI=1S/C18H15F2N5O2/c1-11(25-10-21-9-22-25)17(26)23-13-3-5-14(6-4-13)24-18(27)12-2-7-15(19)16(20)8-12/h2-11H,1H3,(H,23,26)(H,24,27). The molecule has 2 amide bonds. The molecule has 138 valence electrons. The highest BCUT2D eigenvalue weighted by Gasteiger charge is 2.15. The first-order valence-electron chi connectivity index (χ1n) is 7.95. The van der Waals surface area contributed by atoms with Crippen LogP contribution in [0, 0.1) is 11.6 Å². The molecule has 0 bridgehead atoms. The molecule has 1 aromatic heterocycles. The number of halogens is 2. The number of aromatic nitrogens is 3. The van der Waals surface area contributed by atoms with Crippen LogP contribution in [0.1, 0.15) is 23.3 Å². The minimum Gasteiger partial charge on any atom is -0.324 e. The minimum atomic E-state index is -1.10. The number of carbonyl (C=O) groups is 2. The van der Waals surface area contributed by atoms with Gasteiger partial charge in [-0.05, 0) is 49.4 Å². The average molecular weight is 371 g/mol. The summed E-state index contributed by atoms with van der Waals surface area (Å²) in [5.74, 6) is -2.97. The molecule has 0 aliphatic rings. The van der Waals surface area contributed by atoms with Gasteiger partial charge in [-0.25, -0.2) is 18.4 Å². The third kappa shape index (κ3) is 4.32. The third-order valence-electron chi connectivity index (χ3n) is 3.80. The van der Waals surface area contributed by atoms with Crippen molar-refractivity contribution in [1.82, 2.24) is 14.8 Å². The van der Waals surface area contributed by atoms with E-state index in [1.54, 1.807) is 31.2 Å². The van der Waals surface area contributed by atoms with Crippen molar-refractivity contribution in [1.29, 1.82) is 0 Å². The monoisotopic (exact) mass is 371 g/mol. The maximum Gasteiger partial charge on any atom is 0.255 e. The summed E-state index contributed by atoms with van der Waals surface area (Å²) in [6, 6.07) is 8.72. The van der Waals surface area contributed by atoms with Crippen LogP contribution in [0.4, 0.5) is 20.2 Å². The average Bonchev–Trinajstić information content (AvgIpc) is 3.19. The second-order valence-electron chi connectivity index (χ2n) is 5.70. The highest BCUT2D eigenvalue weighted by Crippen LogP contribution is 2.17. The van der Waals surface area contributed by atoms with Gasteiger partial charge in [0.25, 0.3) is 5.91 Å². The Bertz CT molecular complexity index is 958. The van der Waals surface area contributed by atoms with Crippen molar-refractivity contribution in [2.75, 3.05) is 10.6 Å². The lowest BCUT2D eigenvalue weighted by molar-refractivity contribution is -0.119. The first-order valence-corrected chi connectivity index (χ1v) is 7.95. The van der Waals surface area contributed by atoms with Crippen molar-refractivity contribution >= 4 is 23.2 Å². The highest BCUT2D eigenvalue weighted by molar-refractivity contribution is 6.04. The maximum atomic E-state index is 13.2. The quantitative estimate of drug-likeness (QED) is 0.722. The van der Waals surface area contributed by atoms with E-state index in [1.807, 2.05) is 0 Å². The normalized spacial score (nSPS) is 11.7. The molecule has 3 rings (SSSR count). The predicted molar refractivity (Wildman–Crippen MR) is 94.1 cm³/mol. The number of hydrogen-bond acceptors (Lipinski definition) is 4. The molecule has 0 saturated carbocycles. The van der Waals surface area contributed by atoms with E-state index in [9.17, 15) is 18.4 Å². The molecule has 0 saturated heterocycles. The molecule has 1 atom stereocenters. The van der Waals surface area contributed by atoms with Gasteiger partial charge in [-0.1, -0.05) is 0 Å². The first-order chi connectivity index (χ1) is 12.9. The Labute approximate surface area is 153 Å². The van der Waals surface area contributed by atoms with Crippen molar-refractivity contribution in [3.05, 3.63) is 72.3 Å². The third-order valence-corrected chi connectivity index (χ3v) is 3.80. The van der Waals surface area contributed by atoms with Crippen LogP contribution < -0.4 is 10.6 Å². The van der Waals surface area contributed by atoms with E-state index < -0.39 is 23.6 Å². The van der Waals surface area contributed by atoms with Crippen molar-refractivity contribution in [3.8, 4) is 0 Å². The Morgan fingerprint density at radius 1 is 1.00 bits per heavy atom. The molecular formula is C18H15F2N5O2. The summed E-state index contributed by atoms with van der Waals surface area (Å²) < 4.78 is 27.6. The Balaban J connectivity index is 1.62. The van der Waals surface area contributed by atoms with Crippen molar-refractivity contribution in [2.24, 2.45) is 0 Å². The van der Waals surface area contributed by atoms with E-state index in [2.05, 4.69) is 20.7 Å². The minimum absolute atomic E-state index is 0.00654. The van der Waals surface area contributed by atoms with E-state index in [0.717, 1.165) is 12.1 Å². The van der Waals surface area contributed by atoms with Crippen LogP contribution >= 0.6 is 0 Å². The van der Waals surface area contributed by atoms with E-state index in [0.29, 0.717) is 11.4 Å². The van der Waals surface area contributed by atoms with Crippen LogP contribution in [0.3, 0.4) is 0 Å². The number of rotatable bonds is 5. The number of benzene rings is 2. The fourth-order valence-electron chi connectivity index (χ4n) is 2.26. The van der Waals surface area contributed by atoms with Gasteiger partial charge in [-0.15, -0.1) is 0 Å². The molecule has 0 aliphatic carbocycles. The van der Waals surface area contributed by atoms with Crippen LogP contribution in [0.5, 0.6) is 0 Å². The Morgan fingerprint density at radius 3 is 2.26 bits per heavy atom. The SMILES string of the molecule is CC(C(=O)Nc1ccc(NC(=O)c2ccc(F)c(F)c2)cc1)n1cncn1. The fourth-order valence-corrected chi connectivity index (χ4v) is 2.26. The van der Waals surface area contributed by atoms with E-state index in [-0.39, 0.29) is 11.5 Å². The number of hydrogen-bond donors (Lipinski definition) is 2. The van der Waals surface area contributed by atoms with Gasteiger partial charge >= 0.3 is 0 Å². The van der Waals surface area contributed by atoms with Gasteiger partial charge < -0.3 is 10.6 Å². The molecular weight excluding hydrogens is 356 g/mol. The van der Waals surface area contributed by atoms with Crippen LogP contribution in [0.25, 0.3) is 0 Å². The summed E-state index contributed by atoms with van der Waals surface area (Å²) >= 11 is 0. The highest BCUT2D eigenvalue weighted by atomic mass is 19.2. The molecule has 1 unspecified atom stereocenters. The largest absolute Gasteiger partial charge is 0.324 e. The Morgan fingerprint density at radius 2 is 1.67 bits per heavy atom. The molecule has 7 nitrogen and oxygen atoms in total. The zero-order valence-electron chi connectivity index (χ0n) is 14.2. The lowest BCUT2D eigenvalue weighted by Crippen LogP contribution is -2.24. The summed E-state index contributed by atoms with van der Waals surface area (Å²) in [5.41, 5.74) is 0.956. The second-order valence-corrected chi connectivity index (χ2v) is 5.70. The smallest absolute Gasteiger partial charge is 0.255 e. The fraction of sp³-hybridized carbons (Fsp3) is 0.111. The van der Waals surface area contributed by atoms with Crippen molar-refractivity contribution in [3.63, 3.8) is 0 Å². The molecule has 0 radical (unpaired) electrons. The van der Waals surface area contributed by atoms with Crippen molar-refractivity contribution in [2.45, 2.75) is 13.0 Å². The van der Waals surface area contributed by atoms with Crippen LogP contribution in [-0.2, 0) is 4.79 Å². The molecule has 0 aliphatic heterocycles. The Kier molecular flexibility index (Phi) is 5.20. The van der Waals surface area contributed by atoms with Crippen LogP contribution in [-0.4, -0.2) is 26.6 Å². The van der Waals surface area contributed by atoms with E-state index >= 15 is 0 Å². The van der Waals surface area contributed by atoms with Crippen LogP contribution in [0.2, 0.25) is 0 Å². The van der Waals surface area contributed by atoms with Gasteiger partial charge in [0, 0.05) is 16.9 Å². The molecule has 9 heteroatoms. The summed E-state index contributed by atoms with van der Waals surface area (Å²) in [5, 5.41) is 9.20. The number of nitrogens with zero attached hydrogens (tertiary/aromatic N) is 3. The van der Waals surface area contributed by atoms with Gasteiger partial charge in [0.05, 0.1) is 0 Å². The number of amides is 2. The molecule has 3 aromatic rings. The van der Waals surface area contributed by atoms with E-state index in [1.165, 1.54) is 23.4 Å². The number of anilines is 2. The zero-order valence-corrected chi connectivity index (χ0v) is 14.2. The summed E-state index contributed by atoms with van der Waals surface area (Å²) in [6.07, 6.45) is 2.79. The van der Waals surface area contributed by atoms with Gasteiger partial charge in [-0.2, -0.15) is 5.10 Å². The maximum absolute atomic E-state index is 13.2. The molecule has 0 spiro atoms. The molecule has 27 heavy (non-hydrogen) atoms. The summed E-state index contributed by atoms with van der Waals surface area (Å²) in [4.78, 5) is 28.1. The van der Waals surface area contributed by atoms with Gasteiger partial charge in [0.2, 0.25) is 5.91 Å². The predicted octanol–water partition coefficient (Wildman–Crippen LogP) is 3.01. The van der Waals surface area contributed by atoms with Gasteiger partial charge in [-0.3, -0.25) is 9.59 Å². The second kappa shape index (κ2) is 7.73. The number of carbonyl (C=O) groups excluding carboxylic acids is 2. The summed E-state index contributed by atoms with van der Waals surface area (Å²) in [7, 11) is 0. The molecule has 0 fully saturated rings. The van der Waals surface area contributed by atoms with Crippen molar-refractivity contribution < 1.29 is 18.4 Å². The Hall–Kier alpha value is -3.62. The molecule has 2 aromatic carbocycles. The molecule has 2 N–H and O–H groups in total.